The van der Waals surface area contributed by atoms with Gasteiger partial charge in [-0.3, -0.25) is 9.78 Å². The number of aryl methyl sites for hydroxylation is 1. The summed E-state index contributed by atoms with van der Waals surface area (Å²) in [6, 6.07) is 1.06. The lowest BCUT2D eigenvalue weighted by atomic mass is 10.1. The minimum atomic E-state index is -4.91. The number of aliphatic carboxylic acids is 1. The van der Waals surface area contributed by atoms with Crippen molar-refractivity contribution >= 4 is 5.97 Å². The number of alkyl halides is 3. The molecule has 1 rings (SSSR count). The Kier molecular flexibility index (Phi) is 4.12. The molecule has 0 amide bonds. The Morgan fingerprint density at radius 2 is 2.17 bits per heavy atom. The van der Waals surface area contributed by atoms with Crippen molar-refractivity contribution in [1.29, 1.82) is 0 Å². The molecule has 5 nitrogen and oxygen atoms in total. The van der Waals surface area contributed by atoms with Crippen molar-refractivity contribution in [1.82, 2.24) is 4.98 Å². The second kappa shape index (κ2) is 5.21. The van der Waals surface area contributed by atoms with E-state index in [1.54, 1.807) is 0 Å². The van der Waals surface area contributed by atoms with Gasteiger partial charge in [0.2, 0.25) is 0 Å². The second-order valence-corrected chi connectivity index (χ2v) is 3.50. The standard InChI is InChI=1S/C10H11F3N2O3/c1-5-6(4-14)2-8(18-10(11,12)13)7(15-5)3-9(16)17/h2H,3-4,14H2,1H3,(H,16,17). The van der Waals surface area contributed by atoms with Gasteiger partial charge in [0.05, 0.1) is 12.1 Å². The van der Waals surface area contributed by atoms with E-state index in [-0.39, 0.29) is 12.2 Å². The van der Waals surface area contributed by atoms with E-state index in [9.17, 15) is 18.0 Å². The first-order valence-electron chi connectivity index (χ1n) is 4.90. The molecule has 0 bridgehead atoms. The monoisotopic (exact) mass is 264 g/mol. The van der Waals surface area contributed by atoms with Gasteiger partial charge in [0.15, 0.2) is 5.75 Å². The highest BCUT2D eigenvalue weighted by Gasteiger charge is 2.33. The quantitative estimate of drug-likeness (QED) is 0.857. The minimum absolute atomic E-state index is 0.0135. The smallest absolute Gasteiger partial charge is 0.481 e. The van der Waals surface area contributed by atoms with Gasteiger partial charge in [0, 0.05) is 12.2 Å². The van der Waals surface area contributed by atoms with Gasteiger partial charge in [-0.2, -0.15) is 0 Å². The third-order valence-corrected chi connectivity index (χ3v) is 2.12. The fraction of sp³-hybridized carbons (Fsp3) is 0.400. The Labute approximate surface area is 100 Å². The molecule has 1 aromatic heterocycles. The summed E-state index contributed by atoms with van der Waals surface area (Å²) in [5.74, 6) is -1.93. The van der Waals surface area contributed by atoms with Crippen LogP contribution in [0, 0.1) is 6.92 Å². The van der Waals surface area contributed by atoms with Gasteiger partial charge in [-0.15, -0.1) is 13.2 Å². The van der Waals surface area contributed by atoms with E-state index in [1.807, 2.05) is 0 Å². The second-order valence-electron chi connectivity index (χ2n) is 3.50. The lowest BCUT2D eigenvalue weighted by molar-refractivity contribution is -0.275. The molecule has 0 atom stereocenters. The van der Waals surface area contributed by atoms with Gasteiger partial charge in [0.25, 0.3) is 0 Å². The van der Waals surface area contributed by atoms with Crippen LogP contribution in [-0.4, -0.2) is 22.4 Å². The largest absolute Gasteiger partial charge is 0.573 e. The van der Waals surface area contributed by atoms with E-state index in [1.165, 1.54) is 6.92 Å². The fourth-order valence-electron chi connectivity index (χ4n) is 1.36. The SMILES string of the molecule is Cc1nc(CC(=O)O)c(OC(F)(F)F)cc1CN. The zero-order valence-electron chi connectivity index (χ0n) is 9.41. The van der Waals surface area contributed by atoms with Gasteiger partial charge in [-0.05, 0) is 18.6 Å². The number of halogens is 3. The van der Waals surface area contributed by atoms with Crippen molar-refractivity contribution < 1.29 is 27.8 Å². The summed E-state index contributed by atoms with van der Waals surface area (Å²) in [5, 5.41) is 8.61. The Balaban J connectivity index is 3.21. The summed E-state index contributed by atoms with van der Waals surface area (Å²) >= 11 is 0. The molecule has 100 valence electrons. The molecule has 0 spiro atoms. The molecule has 18 heavy (non-hydrogen) atoms. The molecule has 0 aliphatic heterocycles. The van der Waals surface area contributed by atoms with Crippen LogP contribution in [-0.2, 0) is 17.8 Å². The molecule has 8 heteroatoms. The zero-order chi connectivity index (χ0) is 13.9. The number of hydrogen-bond donors (Lipinski definition) is 2. The predicted octanol–water partition coefficient (Wildman–Crippen LogP) is 1.37. The van der Waals surface area contributed by atoms with E-state index in [4.69, 9.17) is 10.8 Å². The van der Waals surface area contributed by atoms with Gasteiger partial charge in [-0.25, -0.2) is 0 Å². The molecule has 0 radical (unpaired) electrons. The molecular weight excluding hydrogens is 253 g/mol. The van der Waals surface area contributed by atoms with Crippen LogP contribution in [0.15, 0.2) is 6.07 Å². The first-order chi connectivity index (χ1) is 8.23. The van der Waals surface area contributed by atoms with Crippen molar-refractivity contribution in [2.75, 3.05) is 0 Å². The highest BCUT2D eigenvalue weighted by atomic mass is 19.4. The highest BCUT2D eigenvalue weighted by molar-refractivity contribution is 5.70. The van der Waals surface area contributed by atoms with E-state index in [2.05, 4.69) is 9.72 Å². The molecule has 0 aliphatic rings. The fourth-order valence-corrected chi connectivity index (χ4v) is 1.36. The Morgan fingerprint density at radius 1 is 1.56 bits per heavy atom. The normalized spacial score (nSPS) is 11.4. The molecule has 1 heterocycles. The van der Waals surface area contributed by atoms with Crippen LogP contribution in [0.1, 0.15) is 17.0 Å². The van der Waals surface area contributed by atoms with Gasteiger partial charge in [-0.1, -0.05) is 0 Å². The van der Waals surface area contributed by atoms with Crippen LogP contribution in [0.3, 0.4) is 0 Å². The summed E-state index contributed by atoms with van der Waals surface area (Å²) in [7, 11) is 0. The highest BCUT2D eigenvalue weighted by Crippen LogP contribution is 2.27. The lowest BCUT2D eigenvalue weighted by Crippen LogP contribution is -2.20. The van der Waals surface area contributed by atoms with Crippen LogP contribution >= 0.6 is 0 Å². The number of ether oxygens (including phenoxy) is 1. The zero-order valence-corrected chi connectivity index (χ0v) is 9.41. The first-order valence-corrected chi connectivity index (χ1v) is 4.90. The van der Waals surface area contributed by atoms with Crippen molar-refractivity contribution in [3.05, 3.63) is 23.0 Å². The predicted molar refractivity (Wildman–Crippen MR) is 54.9 cm³/mol. The third kappa shape index (κ3) is 3.88. The van der Waals surface area contributed by atoms with E-state index >= 15 is 0 Å². The van der Waals surface area contributed by atoms with Gasteiger partial charge in [0.1, 0.15) is 0 Å². The van der Waals surface area contributed by atoms with Gasteiger partial charge >= 0.3 is 12.3 Å². The third-order valence-electron chi connectivity index (χ3n) is 2.12. The van der Waals surface area contributed by atoms with E-state index < -0.39 is 24.5 Å². The molecule has 0 aromatic carbocycles. The van der Waals surface area contributed by atoms with Crippen LogP contribution < -0.4 is 10.5 Å². The molecule has 0 fully saturated rings. The van der Waals surface area contributed by atoms with Crippen molar-refractivity contribution in [2.45, 2.75) is 26.3 Å². The first kappa shape index (κ1) is 14.2. The van der Waals surface area contributed by atoms with Crippen LogP contribution in [0.4, 0.5) is 13.2 Å². The number of carboxylic acids is 1. The minimum Gasteiger partial charge on any atom is -0.481 e. The van der Waals surface area contributed by atoms with Crippen LogP contribution in [0.5, 0.6) is 5.75 Å². The summed E-state index contributed by atoms with van der Waals surface area (Å²) in [6.07, 6.45) is -5.56. The van der Waals surface area contributed by atoms with Crippen LogP contribution in [0.25, 0.3) is 0 Å². The van der Waals surface area contributed by atoms with Gasteiger partial charge < -0.3 is 15.6 Å². The lowest BCUT2D eigenvalue weighted by Gasteiger charge is -2.14. The number of nitrogens with zero attached hydrogens (tertiary/aromatic N) is 1. The summed E-state index contributed by atoms with van der Waals surface area (Å²) in [5.41, 5.74) is 5.80. The number of carbonyl (C=O) groups is 1. The summed E-state index contributed by atoms with van der Waals surface area (Å²) in [6.45, 7) is 1.52. The topological polar surface area (TPSA) is 85.4 Å². The van der Waals surface area contributed by atoms with Crippen molar-refractivity contribution in [3.63, 3.8) is 0 Å². The summed E-state index contributed by atoms with van der Waals surface area (Å²) in [4.78, 5) is 14.3. The number of hydrogen-bond acceptors (Lipinski definition) is 4. The number of pyridine rings is 1. The molecule has 0 saturated carbocycles. The average molecular weight is 264 g/mol. The Hall–Kier alpha value is -1.83. The van der Waals surface area contributed by atoms with Crippen molar-refractivity contribution in [2.24, 2.45) is 5.73 Å². The number of carboxylic acid groups (broad SMARTS) is 1. The molecule has 3 N–H and O–H groups in total. The van der Waals surface area contributed by atoms with E-state index in [0.717, 1.165) is 6.07 Å². The summed E-state index contributed by atoms with van der Waals surface area (Å²) < 4.78 is 40.2. The molecular formula is C10H11F3N2O3. The van der Waals surface area contributed by atoms with E-state index in [0.29, 0.717) is 11.3 Å². The maximum atomic E-state index is 12.2. The molecule has 0 unspecified atom stereocenters. The number of aromatic nitrogens is 1. The number of rotatable bonds is 4. The Morgan fingerprint density at radius 3 is 2.61 bits per heavy atom. The molecule has 0 saturated heterocycles. The molecule has 1 aromatic rings. The van der Waals surface area contributed by atoms with Crippen LogP contribution in [0.2, 0.25) is 0 Å². The number of nitrogens with two attached hydrogens (primary N) is 1. The average Bonchev–Trinajstić information content (AvgIpc) is 2.19. The van der Waals surface area contributed by atoms with Crippen molar-refractivity contribution in [3.8, 4) is 5.75 Å². The maximum absolute atomic E-state index is 12.2. The Bertz CT molecular complexity index is 460. The maximum Gasteiger partial charge on any atom is 0.573 e. The molecule has 0 aliphatic carbocycles.